The van der Waals surface area contributed by atoms with Crippen LogP contribution in [0.1, 0.15) is 37.2 Å². The molecular formula is C13H13BrF3N3. The predicted octanol–water partition coefficient (Wildman–Crippen LogP) is 3.69. The van der Waals surface area contributed by atoms with Gasteiger partial charge in [0.2, 0.25) is 0 Å². The Balaban J connectivity index is 2.55. The number of benzene rings is 1. The molecule has 0 saturated carbocycles. The van der Waals surface area contributed by atoms with E-state index in [9.17, 15) is 13.2 Å². The minimum atomic E-state index is -1.52. The first-order chi connectivity index (χ1) is 9.34. The van der Waals surface area contributed by atoms with Crippen LogP contribution in [0.4, 0.5) is 13.2 Å². The van der Waals surface area contributed by atoms with Crippen molar-refractivity contribution in [2.45, 2.75) is 25.9 Å². The van der Waals surface area contributed by atoms with Crippen molar-refractivity contribution >= 4 is 15.9 Å². The summed E-state index contributed by atoms with van der Waals surface area (Å²) in [6, 6.07) is 1.04. The predicted molar refractivity (Wildman–Crippen MR) is 72.7 cm³/mol. The summed E-state index contributed by atoms with van der Waals surface area (Å²) in [6.45, 7) is 3.77. The molecule has 0 saturated heterocycles. The molecule has 20 heavy (non-hydrogen) atoms. The summed E-state index contributed by atoms with van der Waals surface area (Å²) in [5.74, 6) is -4.04. The zero-order chi connectivity index (χ0) is 15.0. The molecule has 1 aromatic heterocycles. The number of hydrogen-bond acceptors (Lipinski definition) is 2. The quantitative estimate of drug-likeness (QED) is 0.860. The van der Waals surface area contributed by atoms with Crippen LogP contribution >= 0.6 is 15.9 Å². The second-order valence-electron chi connectivity index (χ2n) is 4.66. The lowest BCUT2D eigenvalue weighted by Crippen LogP contribution is -2.21. The molecule has 2 N–H and O–H groups in total. The van der Waals surface area contributed by atoms with Crippen LogP contribution in [0.2, 0.25) is 0 Å². The minimum Gasteiger partial charge on any atom is -0.319 e. The van der Waals surface area contributed by atoms with E-state index in [-0.39, 0.29) is 11.6 Å². The van der Waals surface area contributed by atoms with E-state index in [1.165, 1.54) is 6.20 Å². The van der Waals surface area contributed by atoms with Crippen LogP contribution in [-0.4, -0.2) is 9.78 Å². The average molecular weight is 348 g/mol. The first kappa shape index (κ1) is 15.1. The molecule has 108 valence electrons. The Labute approximate surface area is 122 Å². The monoisotopic (exact) mass is 347 g/mol. The van der Waals surface area contributed by atoms with Gasteiger partial charge in [-0.15, -0.1) is 0 Å². The Morgan fingerprint density at radius 2 is 1.85 bits per heavy atom. The van der Waals surface area contributed by atoms with Crippen molar-refractivity contribution in [2.24, 2.45) is 5.73 Å². The van der Waals surface area contributed by atoms with Crippen molar-refractivity contribution in [3.63, 3.8) is 0 Å². The third-order valence-electron chi connectivity index (χ3n) is 2.97. The smallest absolute Gasteiger partial charge is 0.194 e. The highest BCUT2D eigenvalue weighted by atomic mass is 79.9. The summed E-state index contributed by atoms with van der Waals surface area (Å²) in [6.07, 6.45) is 1.53. The van der Waals surface area contributed by atoms with Gasteiger partial charge in [-0.05, 0) is 35.8 Å². The third kappa shape index (κ3) is 2.47. The molecule has 0 bridgehead atoms. The molecular weight excluding hydrogens is 335 g/mol. The number of rotatable bonds is 3. The zero-order valence-corrected chi connectivity index (χ0v) is 12.5. The molecule has 1 aromatic carbocycles. The number of halogens is 4. The Morgan fingerprint density at radius 3 is 2.45 bits per heavy atom. The van der Waals surface area contributed by atoms with E-state index in [0.717, 1.165) is 12.1 Å². The number of hydrogen-bond donors (Lipinski definition) is 1. The fraction of sp³-hybridized carbons (Fsp3) is 0.308. The van der Waals surface area contributed by atoms with E-state index in [2.05, 4.69) is 21.0 Å². The minimum absolute atomic E-state index is 0.00398. The molecule has 0 amide bonds. The Hall–Kier alpha value is -1.34. The van der Waals surface area contributed by atoms with Crippen LogP contribution in [0.5, 0.6) is 0 Å². The molecule has 2 rings (SSSR count). The first-order valence-corrected chi connectivity index (χ1v) is 6.75. The fourth-order valence-corrected chi connectivity index (χ4v) is 2.50. The third-order valence-corrected chi connectivity index (χ3v) is 3.58. The lowest BCUT2D eigenvalue weighted by molar-refractivity contribution is 0.434. The fourth-order valence-electron chi connectivity index (χ4n) is 1.98. The summed E-state index contributed by atoms with van der Waals surface area (Å²) in [7, 11) is 0. The van der Waals surface area contributed by atoms with Gasteiger partial charge in [-0.25, -0.2) is 13.2 Å². The van der Waals surface area contributed by atoms with Gasteiger partial charge in [-0.1, -0.05) is 6.07 Å². The van der Waals surface area contributed by atoms with E-state index in [1.807, 2.05) is 13.8 Å². The summed E-state index contributed by atoms with van der Waals surface area (Å²) >= 11 is 3.29. The maximum atomic E-state index is 13.8. The second kappa shape index (κ2) is 5.57. The SMILES string of the molecule is CC(C)n1ncc(Br)c1C(N)c1ccc(F)c(F)c1F. The highest BCUT2D eigenvalue weighted by molar-refractivity contribution is 9.10. The first-order valence-electron chi connectivity index (χ1n) is 5.96. The van der Waals surface area contributed by atoms with E-state index in [4.69, 9.17) is 5.73 Å². The average Bonchev–Trinajstić information content (AvgIpc) is 2.77. The van der Waals surface area contributed by atoms with Crippen LogP contribution in [0, 0.1) is 17.5 Å². The molecule has 1 unspecified atom stereocenters. The molecule has 0 fully saturated rings. The Kier molecular flexibility index (Phi) is 4.19. The van der Waals surface area contributed by atoms with E-state index in [0.29, 0.717) is 10.2 Å². The van der Waals surface area contributed by atoms with Crippen molar-refractivity contribution in [3.05, 3.63) is 51.5 Å². The van der Waals surface area contributed by atoms with E-state index in [1.54, 1.807) is 4.68 Å². The largest absolute Gasteiger partial charge is 0.319 e. The summed E-state index contributed by atoms with van der Waals surface area (Å²) in [4.78, 5) is 0. The van der Waals surface area contributed by atoms with Crippen LogP contribution in [0.3, 0.4) is 0 Å². The Bertz CT molecular complexity index is 640. The Morgan fingerprint density at radius 1 is 1.20 bits per heavy atom. The molecule has 0 aliphatic heterocycles. The highest BCUT2D eigenvalue weighted by Crippen LogP contribution is 2.31. The lowest BCUT2D eigenvalue weighted by atomic mass is 10.0. The molecule has 7 heteroatoms. The molecule has 0 aliphatic rings. The summed E-state index contributed by atoms with van der Waals surface area (Å²) in [5, 5.41) is 4.13. The van der Waals surface area contributed by atoms with Gasteiger partial charge in [0.05, 0.1) is 22.4 Å². The molecule has 0 radical (unpaired) electrons. The van der Waals surface area contributed by atoms with Crippen molar-refractivity contribution in [1.29, 1.82) is 0 Å². The van der Waals surface area contributed by atoms with E-state index >= 15 is 0 Å². The second-order valence-corrected chi connectivity index (χ2v) is 5.51. The van der Waals surface area contributed by atoms with Gasteiger partial charge < -0.3 is 5.73 Å². The van der Waals surface area contributed by atoms with Crippen molar-refractivity contribution in [2.75, 3.05) is 0 Å². The van der Waals surface area contributed by atoms with E-state index < -0.39 is 23.5 Å². The highest BCUT2D eigenvalue weighted by Gasteiger charge is 2.24. The molecule has 0 aliphatic carbocycles. The molecule has 0 spiro atoms. The normalized spacial score (nSPS) is 13.0. The number of nitrogens with two attached hydrogens (primary N) is 1. The van der Waals surface area contributed by atoms with Gasteiger partial charge in [0, 0.05) is 11.6 Å². The van der Waals surface area contributed by atoms with Crippen LogP contribution in [0.15, 0.2) is 22.8 Å². The number of nitrogens with zero attached hydrogens (tertiary/aromatic N) is 2. The van der Waals surface area contributed by atoms with Crippen LogP contribution < -0.4 is 5.73 Å². The van der Waals surface area contributed by atoms with Gasteiger partial charge >= 0.3 is 0 Å². The van der Waals surface area contributed by atoms with Crippen LogP contribution in [0.25, 0.3) is 0 Å². The van der Waals surface area contributed by atoms with Gasteiger partial charge in [0.1, 0.15) is 0 Å². The van der Waals surface area contributed by atoms with Crippen molar-refractivity contribution in [3.8, 4) is 0 Å². The van der Waals surface area contributed by atoms with Crippen molar-refractivity contribution in [1.82, 2.24) is 9.78 Å². The van der Waals surface area contributed by atoms with Crippen molar-refractivity contribution < 1.29 is 13.2 Å². The maximum absolute atomic E-state index is 13.8. The molecule has 3 nitrogen and oxygen atoms in total. The standard InChI is InChI=1S/C13H13BrF3N3/c1-6(2)20-13(8(14)5-19-20)12(18)7-3-4-9(15)11(17)10(7)16/h3-6,12H,18H2,1-2H3. The van der Waals surface area contributed by atoms with Gasteiger partial charge in [0.15, 0.2) is 17.5 Å². The summed E-state index contributed by atoms with van der Waals surface area (Å²) in [5.41, 5.74) is 6.39. The van der Waals surface area contributed by atoms with Crippen LogP contribution in [-0.2, 0) is 0 Å². The molecule has 2 aromatic rings. The zero-order valence-electron chi connectivity index (χ0n) is 10.9. The van der Waals surface area contributed by atoms with Gasteiger partial charge in [-0.3, -0.25) is 4.68 Å². The lowest BCUT2D eigenvalue weighted by Gasteiger charge is -2.18. The molecule has 1 atom stereocenters. The summed E-state index contributed by atoms with van der Waals surface area (Å²) < 4.78 is 42.3. The number of aromatic nitrogens is 2. The maximum Gasteiger partial charge on any atom is 0.194 e. The molecule has 1 heterocycles. The van der Waals surface area contributed by atoms with Gasteiger partial charge in [0.25, 0.3) is 0 Å². The topological polar surface area (TPSA) is 43.8 Å². The van der Waals surface area contributed by atoms with Gasteiger partial charge in [-0.2, -0.15) is 5.10 Å².